The van der Waals surface area contributed by atoms with Crippen LogP contribution in [-0.4, -0.2) is 58.2 Å². The predicted molar refractivity (Wildman–Crippen MR) is 131 cm³/mol. The fourth-order valence-corrected chi connectivity index (χ4v) is 3.35. The van der Waals surface area contributed by atoms with Gasteiger partial charge in [-0.1, -0.05) is 36.4 Å². The molecule has 0 saturated heterocycles. The second kappa shape index (κ2) is 11.5. The summed E-state index contributed by atoms with van der Waals surface area (Å²) >= 11 is 0. The molecule has 3 amide bonds. The zero-order valence-corrected chi connectivity index (χ0v) is 20.6. The summed E-state index contributed by atoms with van der Waals surface area (Å²) in [5.41, 5.74) is 4.87. The zero-order chi connectivity index (χ0) is 25.4. The van der Waals surface area contributed by atoms with Crippen LogP contribution in [0.1, 0.15) is 55.7 Å². The minimum Gasteiger partial charge on any atom is -0.445 e. The summed E-state index contributed by atoms with van der Waals surface area (Å²) in [6, 6.07) is 13.0. The van der Waals surface area contributed by atoms with Gasteiger partial charge in [-0.05, 0) is 57.4 Å². The van der Waals surface area contributed by atoms with Crippen molar-refractivity contribution in [3.05, 3.63) is 71.6 Å². The van der Waals surface area contributed by atoms with Crippen molar-refractivity contribution in [2.24, 2.45) is 0 Å². The lowest BCUT2D eigenvalue weighted by molar-refractivity contribution is 0.0146. The fourth-order valence-electron chi connectivity index (χ4n) is 3.35. The molecule has 0 fully saturated rings. The van der Waals surface area contributed by atoms with Gasteiger partial charge in [0, 0.05) is 25.8 Å². The van der Waals surface area contributed by atoms with Crippen molar-refractivity contribution in [3.8, 4) is 0 Å². The van der Waals surface area contributed by atoms with Gasteiger partial charge in [0.25, 0.3) is 5.91 Å². The highest BCUT2D eigenvalue weighted by Gasteiger charge is 2.23. The van der Waals surface area contributed by atoms with E-state index in [2.05, 4.69) is 10.4 Å². The molecular weight excluding hydrogens is 448 g/mol. The normalized spacial score (nSPS) is 13.5. The number of hydrazine groups is 1. The standard InChI is InChI=1S/C26H32N4O5/c1-5-30(25(33)35-26(2,3)4)28-23(31)21-11-12-22(27-17-21)20-13-15-29(16-14-20)24(32)34-18-19-9-7-6-8-10-19/h6-13,17H,5,14-16,18H2,1-4H3,(H,28,31). The van der Waals surface area contributed by atoms with Crippen LogP contribution >= 0.6 is 0 Å². The van der Waals surface area contributed by atoms with Crippen LogP contribution in [0.15, 0.2) is 54.7 Å². The van der Waals surface area contributed by atoms with E-state index in [1.54, 1.807) is 44.7 Å². The maximum Gasteiger partial charge on any atom is 0.429 e. The van der Waals surface area contributed by atoms with Gasteiger partial charge in [0.15, 0.2) is 0 Å². The molecule has 0 radical (unpaired) electrons. The van der Waals surface area contributed by atoms with Gasteiger partial charge >= 0.3 is 12.2 Å². The first-order valence-corrected chi connectivity index (χ1v) is 11.6. The van der Waals surface area contributed by atoms with E-state index in [0.29, 0.717) is 25.1 Å². The van der Waals surface area contributed by atoms with Crippen LogP contribution in [0.4, 0.5) is 9.59 Å². The molecular formula is C26H32N4O5. The van der Waals surface area contributed by atoms with E-state index >= 15 is 0 Å². The van der Waals surface area contributed by atoms with Crippen LogP contribution in [0.25, 0.3) is 5.57 Å². The molecule has 186 valence electrons. The minimum atomic E-state index is -0.666. The molecule has 0 atom stereocenters. The fraction of sp³-hybridized carbons (Fsp3) is 0.385. The Hall–Kier alpha value is -3.88. The molecule has 0 saturated carbocycles. The number of amides is 3. The van der Waals surface area contributed by atoms with E-state index in [0.717, 1.165) is 21.8 Å². The molecule has 3 rings (SSSR count). The van der Waals surface area contributed by atoms with Crippen molar-refractivity contribution in [1.29, 1.82) is 0 Å². The third-order valence-corrected chi connectivity index (χ3v) is 5.19. The lowest BCUT2D eigenvalue weighted by Gasteiger charge is -2.26. The predicted octanol–water partition coefficient (Wildman–Crippen LogP) is 4.41. The van der Waals surface area contributed by atoms with Crippen molar-refractivity contribution < 1.29 is 23.9 Å². The number of carbonyl (C=O) groups excluding carboxylic acids is 3. The summed E-state index contributed by atoms with van der Waals surface area (Å²) in [5, 5.41) is 1.12. The average Bonchev–Trinajstić information content (AvgIpc) is 2.85. The Labute approximate surface area is 205 Å². The largest absolute Gasteiger partial charge is 0.445 e. The van der Waals surface area contributed by atoms with E-state index < -0.39 is 17.6 Å². The average molecular weight is 481 g/mol. The molecule has 0 unspecified atom stereocenters. The highest BCUT2D eigenvalue weighted by molar-refractivity contribution is 5.94. The van der Waals surface area contributed by atoms with E-state index in [9.17, 15) is 14.4 Å². The second-order valence-corrected chi connectivity index (χ2v) is 9.06. The SMILES string of the molecule is CCN(NC(=O)c1ccc(C2=CCN(C(=O)OCc3ccccc3)CC2)nc1)C(=O)OC(C)(C)C. The Morgan fingerprint density at radius 1 is 1.11 bits per heavy atom. The van der Waals surface area contributed by atoms with Crippen LogP contribution in [0.5, 0.6) is 0 Å². The number of aromatic nitrogens is 1. The number of pyridine rings is 1. The van der Waals surface area contributed by atoms with Crippen molar-refractivity contribution in [2.45, 2.75) is 46.3 Å². The first-order chi connectivity index (χ1) is 16.7. The molecule has 35 heavy (non-hydrogen) atoms. The Morgan fingerprint density at radius 2 is 1.86 bits per heavy atom. The Morgan fingerprint density at radius 3 is 2.43 bits per heavy atom. The number of hydrogen-bond acceptors (Lipinski definition) is 6. The first-order valence-electron chi connectivity index (χ1n) is 11.6. The number of rotatable bonds is 5. The molecule has 1 aromatic heterocycles. The Bertz CT molecular complexity index is 1060. The highest BCUT2D eigenvalue weighted by atomic mass is 16.6. The van der Waals surface area contributed by atoms with Gasteiger partial charge < -0.3 is 14.4 Å². The first kappa shape index (κ1) is 25.7. The second-order valence-electron chi connectivity index (χ2n) is 9.06. The van der Waals surface area contributed by atoms with Crippen LogP contribution in [0, 0.1) is 0 Å². The number of carbonyl (C=O) groups is 3. The number of ether oxygens (including phenoxy) is 2. The van der Waals surface area contributed by atoms with Gasteiger partial charge in [0.2, 0.25) is 0 Å². The summed E-state index contributed by atoms with van der Waals surface area (Å²) in [4.78, 5) is 43.2. The zero-order valence-electron chi connectivity index (χ0n) is 20.6. The van der Waals surface area contributed by atoms with Gasteiger partial charge in [0.1, 0.15) is 12.2 Å². The van der Waals surface area contributed by atoms with Gasteiger partial charge in [-0.2, -0.15) is 0 Å². The molecule has 2 aromatic rings. The Balaban J connectivity index is 1.53. The van der Waals surface area contributed by atoms with Crippen LogP contribution in [-0.2, 0) is 16.1 Å². The third kappa shape index (κ3) is 7.56. The summed E-state index contributed by atoms with van der Waals surface area (Å²) < 4.78 is 10.7. The van der Waals surface area contributed by atoms with E-state index in [-0.39, 0.29) is 19.2 Å². The molecule has 1 aliphatic heterocycles. The van der Waals surface area contributed by atoms with Crippen molar-refractivity contribution >= 4 is 23.7 Å². The smallest absolute Gasteiger partial charge is 0.429 e. The lowest BCUT2D eigenvalue weighted by Crippen LogP contribution is -2.48. The quantitative estimate of drug-likeness (QED) is 0.636. The van der Waals surface area contributed by atoms with E-state index in [1.807, 2.05) is 36.4 Å². The number of nitrogens with one attached hydrogen (secondary N) is 1. The van der Waals surface area contributed by atoms with Crippen LogP contribution < -0.4 is 5.43 Å². The number of hydrogen-bond donors (Lipinski definition) is 1. The molecule has 9 nitrogen and oxygen atoms in total. The van der Waals surface area contributed by atoms with Crippen molar-refractivity contribution in [3.63, 3.8) is 0 Å². The lowest BCUT2D eigenvalue weighted by atomic mass is 10.0. The maximum atomic E-state index is 12.6. The van der Waals surface area contributed by atoms with Gasteiger partial charge in [-0.3, -0.25) is 15.2 Å². The van der Waals surface area contributed by atoms with Crippen molar-refractivity contribution in [1.82, 2.24) is 20.3 Å². The topological polar surface area (TPSA) is 101 Å². The monoisotopic (exact) mass is 480 g/mol. The molecule has 1 aromatic carbocycles. The highest BCUT2D eigenvalue weighted by Crippen LogP contribution is 2.21. The molecule has 9 heteroatoms. The molecule has 1 aliphatic rings. The summed E-state index contributed by atoms with van der Waals surface area (Å²) in [6.45, 7) is 8.45. The summed E-state index contributed by atoms with van der Waals surface area (Å²) in [6.07, 6.45) is 3.05. The molecule has 0 spiro atoms. The third-order valence-electron chi connectivity index (χ3n) is 5.19. The Kier molecular flexibility index (Phi) is 8.46. The summed E-state index contributed by atoms with van der Waals surface area (Å²) in [5.74, 6) is -0.457. The van der Waals surface area contributed by atoms with Gasteiger partial charge in [-0.25, -0.2) is 14.6 Å². The van der Waals surface area contributed by atoms with Gasteiger partial charge in [0.05, 0.1) is 11.3 Å². The van der Waals surface area contributed by atoms with Crippen LogP contribution in [0.3, 0.4) is 0 Å². The van der Waals surface area contributed by atoms with Crippen LogP contribution in [0.2, 0.25) is 0 Å². The minimum absolute atomic E-state index is 0.237. The molecule has 2 heterocycles. The molecule has 0 bridgehead atoms. The number of nitrogens with zero attached hydrogens (tertiary/aromatic N) is 3. The summed E-state index contributed by atoms with van der Waals surface area (Å²) in [7, 11) is 0. The maximum absolute atomic E-state index is 12.6. The van der Waals surface area contributed by atoms with E-state index in [4.69, 9.17) is 9.47 Å². The molecule has 0 aliphatic carbocycles. The number of benzene rings is 1. The van der Waals surface area contributed by atoms with E-state index in [1.165, 1.54) is 6.20 Å². The van der Waals surface area contributed by atoms with Crippen molar-refractivity contribution in [2.75, 3.05) is 19.6 Å². The molecule has 1 N–H and O–H groups in total. The van der Waals surface area contributed by atoms with Gasteiger partial charge in [-0.15, -0.1) is 0 Å².